The molecule has 0 saturated heterocycles. The molecule has 19 heavy (non-hydrogen) atoms. The lowest BCUT2D eigenvalue weighted by molar-refractivity contribution is -0.170. The third-order valence-electron chi connectivity index (χ3n) is 1.62. The minimum Gasteiger partial charge on any atom is -0.481 e. The fourth-order valence-corrected chi connectivity index (χ4v) is 0.878. The number of allylic oxidation sites excluding steroid dienone is 1. The van der Waals surface area contributed by atoms with Gasteiger partial charge < -0.3 is 26.2 Å². The molecular weight excluding hydrogens is 262 g/mol. The van der Waals surface area contributed by atoms with E-state index < -0.39 is 42.3 Å². The number of hydrogen-bond donors (Lipinski definition) is 5. The number of rotatable bonds is 6. The summed E-state index contributed by atoms with van der Waals surface area (Å²) in [5, 5.41) is 33.8. The molecule has 0 aliphatic carbocycles. The quantitative estimate of drug-likeness (QED) is 0.376. The second-order valence-corrected chi connectivity index (χ2v) is 3.38. The molecule has 6 N–H and O–H groups in total. The maximum Gasteiger partial charge on any atom is 0.336 e. The predicted molar refractivity (Wildman–Crippen MR) is 61.1 cm³/mol. The van der Waals surface area contributed by atoms with Gasteiger partial charge in [-0.15, -0.1) is 0 Å². The largest absolute Gasteiger partial charge is 0.481 e. The van der Waals surface area contributed by atoms with Gasteiger partial charge in [-0.2, -0.15) is 0 Å². The molecular formula is C10H15NO8. The summed E-state index contributed by atoms with van der Waals surface area (Å²) in [4.78, 5) is 40.2. The van der Waals surface area contributed by atoms with Crippen LogP contribution in [0, 0.1) is 0 Å². The van der Waals surface area contributed by atoms with E-state index in [-0.39, 0.29) is 0 Å². The van der Waals surface area contributed by atoms with Crippen LogP contribution in [0.4, 0.5) is 0 Å². The first-order chi connectivity index (χ1) is 8.55. The molecule has 0 rings (SSSR count). The highest BCUT2D eigenvalue weighted by Gasteiger charge is 2.40. The van der Waals surface area contributed by atoms with Crippen LogP contribution >= 0.6 is 0 Å². The summed E-state index contributed by atoms with van der Waals surface area (Å²) in [7, 11) is 0. The second kappa shape index (κ2) is 8.64. The zero-order valence-corrected chi connectivity index (χ0v) is 10.1. The van der Waals surface area contributed by atoms with Crippen molar-refractivity contribution in [2.24, 2.45) is 5.73 Å². The van der Waals surface area contributed by atoms with E-state index in [1.165, 1.54) is 6.08 Å². The number of carbonyl (C=O) groups excluding carboxylic acids is 1. The highest BCUT2D eigenvalue weighted by molar-refractivity contribution is 5.88. The molecule has 0 aromatic rings. The number of amides is 1. The maximum atomic E-state index is 10.3. The lowest BCUT2D eigenvalue weighted by atomic mass is 9.96. The number of primary amides is 1. The van der Waals surface area contributed by atoms with Gasteiger partial charge in [-0.25, -0.2) is 4.79 Å². The average molecular weight is 277 g/mol. The monoisotopic (exact) mass is 277 g/mol. The normalized spacial score (nSPS) is 10.4. The molecule has 0 saturated carbocycles. The van der Waals surface area contributed by atoms with Gasteiger partial charge in [0.25, 0.3) is 0 Å². The summed E-state index contributed by atoms with van der Waals surface area (Å²) in [6.07, 6.45) is 0.617. The Labute approximate surface area is 108 Å². The zero-order chi connectivity index (χ0) is 15.6. The third-order valence-corrected chi connectivity index (χ3v) is 1.62. The molecule has 9 nitrogen and oxygen atoms in total. The van der Waals surface area contributed by atoms with Crippen molar-refractivity contribution in [3.05, 3.63) is 12.2 Å². The van der Waals surface area contributed by atoms with E-state index >= 15 is 0 Å². The topological polar surface area (TPSA) is 175 Å². The molecule has 0 spiro atoms. The minimum atomic E-state index is -2.74. The van der Waals surface area contributed by atoms with Gasteiger partial charge in [0.2, 0.25) is 5.91 Å². The number of carboxylic acid groups (broad SMARTS) is 3. The molecule has 1 amide bonds. The lowest BCUT2D eigenvalue weighted by Gasteiger charge is -2.18. The second-order valence-electron chi connectivity index (χ2n) is 3.38. The standard InChI is InChI=1S/C6H8O7.C4H7NO/c7-3(8)1-6(13,5(11)12)2-4(9)10;1-2-3-4(5)6/h13H,1-2H2,(H,7,8)(H,9,10)(H,11,12);2-3H,1H3,(H2,5,6). The van der Waals surface area contributed by atoms with E-state index in [0.717, 1.165) is 0 Å². The summed E-state index contributed by atoms with van der Waals surface area (Å²) in [6, 6.07) is 0. The van der Waals surface area contributed by atoms with Gasteiger partial charge >= 0.3 is 17.9 Å². The number of carbonyl (C=O) groups is 4. The van der Waals surface area contributed by atoms with Crippen molar-refractivity contribution in [3.63, 3.8) is 0 Å². The Kier molecular flexibility index (Phi) is 8.61. The Morgan fingerprint density at radius 3 is 1.53 bits per heavy atom. The van der Waals surface area contributed by atoms with Crippen molar-refractivity contribution in [3.8, 4) is 0 Å². The molecule has 0 heterocycles. The van der Waals surface area contributed by atoms with E-state index in [0.29, 0.717) is 0 Å². The third kappa shape index (κ3) is 10.5. The van der Waals surface area contributed by atoms with Crippen molar-refractivity contribution >= 4 is 23.8 Å². The molecule has 0 aliphatic heterocycles. The van der Waals surface area contributed by atoms with Crippen LogP contribution < -0.4 is 5.73 Å². The van der Waals surface area contributed by atoms with E-state index in [9.17, 15) is 19.2 Å². The molecule has 108 valence electrons. The molecule has 0 bridgehead atoms. The number of aliphatic hydroxyl groups is 1. The van der Waals surface area contributed by atoms with E-state index in [1.807, 2.05) is 0 Å². The Bertz CT molecular complexity index is 371. The number of hydrogen-bond acceptors (Lipinski definition) is 5. The summed E-state index contributed by atoms with van der Waals surface area (Å²) >= 11 is 0. The fourth-order valence-electron chi connectivity index (χ4n) is 0.878. The fraction of sp³-hybridized carbons (Fsp3) is 0.400. The molecule has 0 aromatic carbocycles. The Morgan fingerprint density at radius 2 is 1.42 bits per heavy atom. The van der Waals surface area contributed by atoms with Gasteiger partial charge in [-0.1, -0.05) is 6.08 Å². The van der Waals surface area contributed by atoms with E-state index in [1.54, 1.807) is 13.0 Å². The lowest BCUT2D eigenvalue weighted by Crippen LogP contribution is -2.42. The highest BCUT2D eigenvalue weighted by atomic mass is 16.4. The molecule has 0 radical (unpaired) electrons. The Hall–Kier alpha value is -2.42. The van der Waals surface area contributed by atoms with Crippen LogP contribution in [0.2, 0.25) is 0 Å². The van der Waals surface area contributed by atoms with Crippen LogP contribution in [0.15, 0.2) is 12.2 Å². The molecule has 0 atom stereocenters. The highest BCUT2D eigenvalue weighted by Crippen LogP contribution is 2.15. The van der Waals surface area contributed by atoms with Crippen LogP contribution in [0.25, 0.3) is 0 Å². The molecule has 0 fully saturated rings. The smallest absolute Gasteiger partial charge is 0.336 e. The van der Waals surface area contributed by atoms with Crippen molar-refractivity contribution < 1.29 is 39.6 Å². The van der Waals surface area contributed by atoms with Crippen molar-refractivity contribution in [2.75, 3.05) is 0 Å². The van der Waals surface area contributed by atoms with Gasteiger partial charge in [0.05, 0.1) is 12.8 Å². The van der Waals surface area contributed by atoms with Gasteiger partial charge in [0.1, 0.15) is 0 Å². The first-order valence-corrected chi connectivity index (χ1v) is 4.86. The number of aliphatic carboxylic acids is 3. The van der Waals surface area contributed by atoms with Crippen molar-refractivity contribution in [2.45, 2.75) is 25.4 Å². The van der Waals surface area contributed by atoms with Crippen LogP contribution in [-0.2, 0) is 19.2 Å². The summed E-state index contributed by atoms with van der Waals surface area (Å²) in [6.45, 7) is 1.74. The Morgan fingerprint density at radius 1 is 1.05 bits per heavy atom. The predicted octanol–water partition coefficient (Wildman–Crippen LogP) is -1.20. The molecule has 9 heteroatoms. The first kappa shape index (κ1) is 18.9. The number of nitrogens with two attached hydrogens (primary N) is 1. The zero-order valence-electron chi connectivity index (χ0n) is 10.1. The van der Waals surface area contributed by atoms with Crippen LogP contribution in [0.1, 0.15) is 19.8 Å². The molecule has 0 aromatic heterocycles. The summed E-state index contributed by atoms with van der Waals surface area (Å²) in [5.41, 5.74) is 1.94. The van der Waals surface area contributed by atoms with Crippen LogP contribution in [-0.4, -0.2) is 49.8 Å². The molecule has 0 aliphatic rings. The summed E-state index contributed by atoms with van der Waals surface area (Å²) < 4.78 is 0. The van der Waals surface area contributed by atoms with Crippen molar-refractivity contribution in [1.82, 2.24) is 0 Å². The van der Waals surface area contributed by atoms with Gasteiger partial charge in [-0.05, 0) is 13.0 Å². The first-order valence-electron chi connectivity index (χ1n) is 4.86. The van der Waals surface area contributed by atoms with Crippen LogP contribution in [0.3, 0.4) is 0 Å². The minimum absolute atomic E-state index is 0.391. The SMILES string of the molecule is CC=CC(N)=O.O=C(O)CC(O)(CC(=O)O)C(=O)O. The average Bonchev–Trinajstić information content (AvgIpc) is 2.14. The Balaban J connectivity index is 0. The van der Waals surface area contributed by atoms with Gasteiger partial charge in [0, 0.05) is 0 Å². The number of carboxylic acids is 3. The van der Waals surface area contributed by atoms with E-state index in [2.05, 4.69) is 5.73 Å². The maximum absolute atomic E-state index is 10.3. The van der Waals surface area contributed by atoms with Crippen molar-refractivity contribution in [1.29, 1.82) is 0 Å². The molecule has 0 unspecified atom stereocenters. The van der Waals surface area contributed by atoms with Gasteiger partial charge in [0.15, 0.2) is 5.60 Å². The van der Waals surface area contributed by atoms with E-state index in [4.69, 9.17) is 20.4 Å². The van der Waals surface area contributed by atoms with Crippen LogP contribution in [0.5, 0.6) is 0 Å². The van der Waals surface area contributed by atoms with Gasteiger partial charge in [-0.3, -0.25) is 14.4 Å². The summed E-state index contributed by atoms with van der Waals surface area (Å²) in [5.74, 6) is -5.41.